The molecule has 0 aliphatic rings. The van der Waals surface area contributed by atoms with Crippen molar-refractivity contribution < 1.29 is 27.0 Å². The van der Waals surface area contributed by atoms with Gasteiger partial charge in [-0.15, -0.1) is 0 Å². The highest BCUT2D eigenvalue weighted by molar-refractivity contribution is 6.79. The van der Waals surface area contributed by atoms with Gasteiger partial charge in [0.1, 0.15) is 0 Å². The molecule has 0 aliphatic heterocycles. The van der Waals surface area contributed by atoms with Crippen molar-refractivity contribution in [2.45, 2.75) is 26.2 Å². The Balaban J connectivity index is 4.35. The SMILES string of the molecule is CO[Si](C)(O)O[Si](C)(O)O[Si](C)(C)O. The Kier molecular flexibility index (Phi) is 4.64. The zero-order chi connectivity index (χ0) is 11.6. The summed E-state index contributed by atoms with van der Waals surface area (Å²) in [6.07, 6.45) is 0. The van der Waals surface area contributed by atoms with Crippen molar-refractivity contribution in [1.29, 1.82) is 0 Å². The third-order valence-electron chi connectivity index (χ3n) is 1.20. The Morgan fingerprint density at radius 1 is 0.786 bits per heavy atom. The Morgan fingerprint density at radius 3 is 1.50 bits per heavy atom. The van der Waals surface area contributed by atoms with Gasteiger partial charge in [0.05, 0.1) is 0 Å². The standard InChI is InChI=1S/C5H18O6Si3/c1-9-13(4,7)11-14(5,8)10-12(2,3)6/h6-8H,1-5H3. The van der Waals surface area contributed by atoms with E-state index in [9.17, 15) is 14.4 Å². The van der Waals surface area contributed by atoms with E-state index in [1.165, 1.54) is 33.3 Å². The van der Waals surface area contributed by atoms with Gasteiger partial charge in [-0.3, -0.25) is 0 Å². The molecule has 0 spiro atoms. The summed E-state index contributed by atoms with van der Waals surface area (Å²) in [4.78, 5) is 28.6. The minimum absolute atomic E-state index is 1.29. The van der Waals surface area contributed by atoms with E-state index in [0.717, 1.165) is 0 Å². The van der Waals surface area contributed by atoms with Gasteiger partial charge >= 0.3 is 26.2 Å². The molecule has 86 valence electrons. The fourth-order valence-corrected chi connectivity index (χ4v) is 8.27. The molecular weight excluding hydrogens is 240 g/mol. The predicted molar refractivity (Wildman–Crippen MR) is 56.6 cm³/mol. The first kappa shape index (κ1) is 14.4. The van der Waals surface area contributed by atoms with Crippen molar-refractivity contribution in [1.82, 2.24) is 0 Å². The van der Waals surface area contributed by atoms with E-state index in [0.29, 0.717) is 0 Å². The van der Waals surface area contributed by atoms with Crippen LogP contribution in [0.5, 0.6) is 0 Å². The Morgan fingerprint density at radius 2 is 1.21 bits per heavy atom. The van der Waals surface area contributed by atoms with E-state index in [-0.39, 0.29) is 0 Å². The minimum Gasteiger partial charge on any atom is -0.411 e. The Hall–Kier alpha value is 0.411. The largest absolute Gasteiger partial charge is 0.487 e. The maximum Gasteiger partial charge on any atom is 0.487 e. The lowest BCUT2D eigenvalue weighted by Crippen LogP contribution is -2.56. The molecule has 0 bridgehead atoms. The molecule has 0 heterocycles. The lowest BCUT2D eigenvalue weighted by Gasteiger charge is -2.31. The van der Waals surface area contributed by atoms with E-state index in [2.05, 4.69) is 4.43 Å². The predicted octanol–water partition coefficient (Wildman–Crippen LogP) is -0.518. The van der Waals surface area contributed by atoms with Gasteiger partial charge < -0.3 is 27.0 Å². The first-order valence-electron chi connectivity index (χ1n) is 4.10. The summed E-state index contributed by atoms with van der Waals surface area (Å²) < 4.78 is 14.7. The highest BCUT2D eigenvalue weighted by Crippen LogP contribution is 2.15. The van der Waals surface area contributed by atoms with Gasteiger partial charge in [0.25, 0.3) is 0 Å². The molecule has 14 heavy (non-hydrogen) atoms. The molecule has 0 aromatic rings. The van der Waals surface area contributed by atoms with Crippen LogP contribution in [0, 0.1) is 0 Å². The zero-order valence-corrected chi connectivity index (χ0v) is 12.1. The van der Waals surface area contributed by atoms with Crippen LogP contribution in [0.4, 0.5) is 0 Å². The molecule has 0 rings (SSSR count). The molecule has 0 amide bonds. The molecule has 0 aromatic heterocycles. The van der Waals surface area contributed by atoms with Crippen LogP contribution in [-0.4, -0.2) is 47.7 Å². The van der Waals surface area contributed by atoms with Gasteiger partial charge in [-0.1, -0.05) is 0 Å². The van der Waals surface area contributed by atoms with Crippen LogP contribution < -0.4 is 0 Å². The summed E-state index contributed by atoms with van der Waals surface area (Å²) >= 11 is 0. The first-order valence-corrected chi connectivity index (χ1v) is 11.5. The van der Waals surface area contributed by atoms with Crippen LogP contribution in [0.25, 0.3) is 0 Å². The number of hydrogen-bond acceptors (Lipinski definition) is 6. The Labute approximate surface area is 87.1 Å². The number of rotatable bonds is 5. The first-order chi connectivity index (χ1) is 5.97. The lowest BCUT2D eigenvalue weighted by atomic mass is 11.8. The van der Waals surface area contributed by atoms with E-state index in [1.54, 1.807) is 0 Å². The molecule has 0 saturated heterocycles. The highest BCUT2D eigenvalue weighted by atomic mass is 28.5. The highest BCUT2D eigenvalue weighted by Gasteiger charge is 2.45. The maximum atomic E-state index is 9.68. The van der Waals surface area contributed by atoms with Crippen LogP contribution in [-0.2, 0) is 12.7 Å². The molecule has 9 heteroatoms. The summed E-state index contributed by atoms with van der Waals surface area (Å²) in [7, 11) is -8.38. The summed E-state index contributed by atoms with van der Waals surface area (Å²) in [5, 5.41) is 0. The minimum atomic E-state index is -3.50. The molecule has 3 N–H and O–H groups in total. The van der Waals surface area contributed by atoms with Crippen molar-refractivity contribution in [2.24, 2.45) is 0 Å². The van der Waals surface area contributed by atoms with Crippen molar-refractivity contribution in [3.63, 3.8) is 0 Å². The van der Waals surface area contributed by atoms with E-state index in [4.69, 9.17) is 8.23 Å². The average Bonchev–Trinajstić information content (AvgIpc) is 1.78. The van der Waals surface area contributed by atoms with Crippen molar-refractivity contribution in [3.8, 4) is 0 Å². The normalized spacial score (nSPS) is 21.4. The Bertz CT molecular complexity index is 188. The van der Waals surface area contributed by atoms with E-state index < -0.39 is 26.2 Å². The van der Waals surface area contributed by atoms with Gasteiger partial charge in [0.2, 0.25) is 0 Å². The van der Waals surface area contributed by atoms with Gasteiger partial charge in [0, 0.05) is 20.2 Å². The summed E-state index contributed by atoms with van der Waals surface area (Å²) in [5.41, 5.74) is 0. The molecule has 0 aromatic carbocycles. The van der Waals surface area contributed by atoms with Gasteiger partial charge in [-0.25, -0.2) is 0 Å². The van der Waals surface area contributed by atoms with Crippen LogP contribution in [0.1, 0.15) is 0 Å². The molecule has 0 fully saturated rings. The summed E-state index contributed by atoms with van der Waals surface area (Å²) in [5.74, 6) is 0. The second kappa shape index (κ2) is 4.51. The van der Waals surface area contributed by atoms with Gasteiger partial charge in [-0.05, 0) is 13.1 Å². The molecule has 6 nitrogen and oxygen atoms in total. The third-order valence-corrected chi connectivity index (χ3v) is 8.50. The monoisotopic (exact) mass is 258 g/mol. The molecule has 0 saturated carbocycles. The second-order valence-corrected chi connectivity index (χ2v) is 12.2. The fraction of sp³-hybridized carbons (Fsp3) is 1.00. The smallest absolute Gasteiger partial charge is 0.411 e. The zero-order valence-electron chi connectivity index (χ0n) is 9.07. The lowest BCUT2D eigenvalue weighted by molar-refractivity contribution is 0.141. The quantitative estimate of drug-likeness (QED) is 0.575. The summed E-state index contributed by atoms with van der Waals surface area (Å²) in [6.45, 7) is 5.70. The van der Waals surface area contributed by atoms with Crippen LogP contribution in [0.2, 0.25) is 26.2 Å². The van der Waals surface area contributed by atoms with Crippen LogP contribution >= 0.6 is 0 Å². The van der Waals surface area contributed by atoms with E-state index >= 15 is 0 Å². The van der Waals surface area contributed by atoms with Crippen LogP contribution in [0.15, 0.2) is 0 Å². The van der Waals surface area contributed by atoms with Crippen molar-refractivity contribution in [3.05, 3.63) is 0 Å². The molecule has 2 atom stereocenters. The second-order valence-electron chi connectivity index (χ2n) is 3.65. The average molecular weight is 258 g/mol. The molecule has 0 radical (unpaired) electrons. The maximum absolute atomic E-state index is 9.68. The summed E-state index contributed by atoms with van der Waals surface area (Å²) in [6, 6.07) is 0. The number of hydrogen-bond donors (Lipinski definition) is 3. The topological polar surface area (TPSA) is 88.4 Å². The van der Waals surface area contributed by atoms with Crippen LogP contribution in [0.3, 0.4) is 0 Å². The van der Waals surface area contributed by atoms with E-state index in [1.807, 2.05) is 0 Å². The molecule has 2 unspecified atom stereocenters. The van der Waals surface area contributed by atoms with Gasteiger partial charge in [-0.2, -0.15) is 0 Å². The van der Waals surface area contributed by atoms with Crippen molar-refractivity contribution in [2.75, 3.05) is 7.11 Å². The molecule has 0 aliphatic carbocycles. The fourth-order valence-electron chi connectivity index (χ4n) is 0.877. The van der Waals surface area contributed by atoms with Crippen molar-refractivity contribution >= 4 is 26.2 Å². The molecular formula is C5H18O6Si3. The third kappa shape index (κ3) is 6.80. The van der Waals surface area contributed by atoms with Gasteiger partial charge in [0.15, 0.2) is 0 Å².